The average Bonchev–Trinajstić information content (AvgIpc) is 2.54. The molecule has 5 heteroatoms. The third-order valence-electron chi connectivity index (χ3n) is 3.94. The van der Waals surface area contributed by atoms with E-state index in [-0.39, 0.29) is 12.6 Å². The van der Waals surface area contributed by atoms with Crippen LogP contribution in [0.2, 0.25) is 0 Å². The van der Waals surface area contributed by atoms with Gasteiger partial charge in [-0.05, 0) is 24.8 Å². The van der Waals surface area contributed by atoms with E-state index in [1.165, 1.54) is 4.90 Å². The number of amides is 1. The van der Waals surface area contributed by atoms with Crippen LogP contribution in [0.4, 0.5) is 4.79 Å². The highest BCUT2D eigenvalue weighted by atomic mass is 16.6. The molecule has 22 heavy (non-hydrogen) atoms. The van der Waals surface area contributed by atoms with E-state index in [1.54, 1.807) is 6.08 Å². The number of likely N-dealkylation sites (tertiary alicyclic amines) is 1. The van der Waals surface area contributed by atoms with Crippen molar-refractivity contribution >= 4 is 12.1 Å². The van der Waals surface area contributed by atoms with Gasteiger partial charge >= 0.3 is 12.1 Å². The Balaban J connectivity index is 2.02. The Bertz CT molecular complexity index is 529. The number of piperidine rings is 1. The van der Waals surface area contributed by atoms with Crippen LogP contribution >= 0.6 is 0 Å². The van der Waals surface area contributed by atoms with Crippen molar-refractivity contribution in [2.45, 2.75) is 31.9 Å². The minimum absolute atomic E-state index is 0.189. The fourth-order valence-corrected chi connectivity index (χ4v) is 2.84. The number of benzene rings is 1. The summed E-state index contributed by atoms with van der Waals surface area (Å²) in [6.45, 7) is 4.38. The summed E-state index contributed by atoms with van der Waals surface area (Å²) in [5.74, 6) is -1.43. The Labute approximate surface area is 130 Å². The fourth-order valence-electron chi connectivity index (χ4n) is 2.84. The van der Waals surface area contributed by atoms with Crippen molar-refractivity contribution < 1.29 is 19.4 Å². The van der Waals surface area contributed by atoms with Crippen molar-refractivity contribution in [1.82, 2.24) is 4.90 Å². The first-order valence-electron chi connectivity index (χ1n) is 7.44. The summed E-state index contributed by atoms with van der Waals surface area (Å²) in [6.07, 6.45) is 2.91. The standard InChI is InChI=1S/C17H21NO4/c1-2-7-15-14(16(19)20)10-6-11-18(15)17(21)22-12-13-8-4-3-5-9-13/h2-5,8-9,14-15H,1,6-7,10-12H2,(H,19,20). The summed E-state index contributed by atoms with van der Waals surface area (Å²) in [4.78, 5) is 25.2. The van der Waals surface area contributed by atoms with E-state index >= 15 is 0 Å². The quantitative estimate of drug-likeness (QED) is 0.849. The van der Waals surface area contributed by atoms with Crippen LogP contribution in [0.25, 0.3) is 0 Å². The summed E-state index contributed by atoms with van der Waals surface area (Å²) in [5.41, 5.74) is 0.905. The lowest BCUT2D eigenvalue weighted by Gasteiger charge is -2.38. The molecule has 0 aliphatic carbocycles. The molecule has 0 aromatic heterocycles. The lowest BCUT2D eigenvalue weighted by Crippen LogP contribution is -2.50. The Hall–Kier alpha value is -2.30. The van der Waals surface area contributed by atoms with Gasteiger partial charge < -0.3 is 14.7 Å². The normalized spacial score (nSPS) is 21.2. The molecular formula is C17H21NO4. The van der Waals surface area contributed by atoms with Gasteiger partial charge in [0.2, 0.25) is 0 Å². The summed E-state index contributed by atoms with van der Waals surface area (Å²) in [5, 5.41) is 9.33. The van der Waals surface area contributed by atoms with E-state index in [9.17, 15) is 14.7 Å². The molecule has 0 saturated carbocycles. The second kappa shape index (κ2) is 7.64. The molecular weight excluding hydrogens is 282 g/mol. The topological polar surface area (TPSA) is 66.8 Å². The fraction of sp³-hybridized carbons (Fsp3) is 0.412. The molecule has 1 aromatic carbocycles. The predicted octanol–water partition coefficient (Wildman–Crippen LogP) is 3.06. The molecule has 118 valence electrons. The maximum atomic E-state index is 12.3. The van der Waals surface area contributed by atoms with E-state index in [0.29, 0.717) is 25.8 Å². The predicted molar refractivity (Wildman–Crippen MR) is 82.3 cm³/mol. The third kappa shape index (κ3) is 3.87. The third-order valence-corrected chi connectivity index (χ3v) is 3.94. The number of hydrogen-bond acceptors (Lipinski definition) is 3. The van der Waals surface area contributed by atoms with Crippen LogP contribution in [0, 0.1) is 5.92 Å². The zero-order valence-corrected chi connectivity index (χ0v) is 12.5. The largest absolute Gasteiger partial charge is 0.481 e. The van der Waals surface area contributed by atoms with Gasteiger partial charge in [-0.25, -0.2) is 4.79 Å². The van der Waals surface area contributed by atoms with Crippen molar-refractivity contribution in [3.63, 3.8) is 0 Å². The first kappa shape index (κ1) is 16.1. The average molecular weight is 303 g/mol. The van der Waals surface area contributed by atoms with Crippen LogP contribution in [-0.2, 0) is 16.1 Å². The molecule has 2 rings (SSSR count). The number of ether oxygens (including phenoxy) is 1. The zero-order valence-electron chi connectivity index (χ0n) is 12.5. The molecule has 1 saturated heterocycles. The molecule has 1 aromatic rings. The van der Waals surface area contributed by atoms with Gasteiger partial charge in [0.1, 0.15) is 6.61 Å². The number of nitrogens with zero attached hydrogens (tertiary/aromatic N) is 1. The second-order valence-electron chi connectivity index (χ2n) is 5.41. The van der Waals surface area contributed by atoms with E-state index < -0.39 is 18.0 Å². The van der Waals surface area contributed by atoms with Gasteiger partial charge in [0.15, 0.2) is 0 Å². The highest BCUT2D eigenvalue weighted by Gasteiger charge is 2.38. The van der Waals surface area contributed by atoms with Crippen molar-refractivity contribution in [2.24, 2.45) is 5.92 Å². The van der Waals surface area contributed by atoms with E-state index in [1.807, 2.05) is 30.3 Å². The van der Waals surface area contributed by atoms with E-state index in [0.717, 1.165) is 5.56 Å². The van der Waals surface area contributed by atoms with Gasteiger partial charge in [0, 0.05) is 6.54 Å². The molecule has 1 heterocycles. The number of carbonyl (C=O) groups excluding carboxylic acids is 1. The van der Waals surface area contributed by atoms with Crippen molar-refractivity contribution in [1.29, 1.82) is 0 Å². The van der Waals surface area contributed by atoms with Gasteiger partial charge in [-0.15, -0.1) is 6.58 Å². The Morgan fingerprint density at radius 1 is 1.36 bits per heavy atom. The molecule has 0 radical (unpaired) electrons. The maximum absolute atomic E-state index is 12.3. The van der Waals surface area contributed by atoms with E-state index in [2.05, 4.69) is 6.58 Å². The summed E-state index contributed by atoms with van der Waals surface area (Å²) in [6, 6.07) is 9.03. The van der Waals surface area contributed by atoms with Crippen molar-refractivity contribution in [2.75, 3.05) is 6.54 Å². The number of carboxylic acids is 1. The van der Waals surface area contributed by atoms with Crippen LogP contribution in [-0.4, -0.2) is 34.7 Å². The number of hydrogen-bond donors (Lipinski definition) is 1. The van der Waals surface area contributed by atoms with Gasteiger partial charge in [0.05, 0.1) is 12.0 Å². The van der Waals surface area contributed by atoms with E-state index in [4.69, 9.17) is 4.74 Å². The number of rotatable bonds is 5. The molecule has 0 spiro atoms. The highest BCUT2D eigenvalue weighted by molar-refractivity contribution is 5.74. The summed E-state index contributed by atoms with van der Waals surface area (Å²) in [7, 11) is 0. The molecule has 1 aliphatic heterocycles. The Kier molecular flexibility index (Phi) is 5.58. The number of aliphatic carboxylic acids is 1. The molecule has 2 atom stereocenters. The van der Waals surface area contributed by atoms with Crippen LogP contribution in [0.5, 0.6) is 0 Å². The van der Waals surface area contributed by atoms with Gasteiger partial charge in [-0.1, -0.05) is 36.4 Å². The molecule has 1 aliphatic rings. The minimum atomic E-state index is -0.868. The zero-order chi connectivity index (χ0) is 15.9. The van der Waals surface area contributed by atoms with Gasteiger partial charge in [0.25, 0.3) is 0 Å². The van der Waals surface area contributed by atoms with Gasteiger partial charge in [-0.3, -0.25) is 4.79 Å². The molecule has 5 nitrogen and oxygen atoms in total. The molecule has 1 amide bonds. The summed E-state index contributed by atoms with van der Waals surface area (Å²) >= 11 is 0. The Morgan fingerprint density at radius 2 is 2.09 bits per heavy atom. The van der Waals surface area contributed by atoms with Crippen LogP contribution in [0.3, 0.4) is 0 Å². The van der Waals surface area contributed by atoms with Crippen molar-refractivity contribution in [3.8, 4) is 0 Å². The first-order chi connectivity index (χ1) is 10.6. The molecule has 1 fully saturated rings. The van der Waals surface area contributed by atoms with Gasteiger partial charge in [-0.2, -0.15) is 0 Å². The minimum Gasteiger partial charge on any atom is -0.481 e. The second-order valence-corrected chi connectivity index (χ2v) is 5.41. The number of carboxylic acid groups (broad SMARTS) is 1. The molecule has 0 bridgehead atoms. The van der Waals surface area contributed by atoms with Crippen LogP contribution in [0.1, 0.15) is 24.8 Å². The van der Waals surface area contributed by atoms with Crippen LogP contribution in [0.15, 0.2) is 43.0 Å². The molecule has 2 unspecified atom stereocenters. The van der Waals surface area contributed by atoms with Crippen molar-refractivity contribution in [3.05, 3.63) is 48.6 Å². The maximum Gasteiger partial charge on any atom is 0.410 e. The lowest BCUT2D eigenvalue weighted by atomic mass is 9.87. The monoisotopic (exact) mass is 303 g/mol. The number of carbonyl (C=O) groups is 2. The summed E-state index contributed by atoms with van der Waals surface area (Å²) < 4.78 is 5.33. The Morgan fingerprint density at radius 3 is 2.73 bits per heavy atom. The highest BCUT2D eigenvalue weighted by Crippen LogP contribution is 2.27. The first-order valence-corrected chi connectivity index (χ1v) is 7.44. The SMILES string of the molecule is C=CCC1C(C(=O)O)CCCN1C(=O)OCc1ccccc1. The lowest BCUT2D eigenvalue weighted by molar-refractivity contribution is -0.145. The smallest absolute Gasteiger partial charge is 0.410 e. The van der Waals surface area contributed by atoms with Crippen LogP contribution < -0.4 is 0 Å². The molecule has 1 N–H and O–H groups in total.